The Kier molecular flexibility index (Phi) is 3.59. The average molecular weight is 289 g/mol. The Hall–Kier alpha value is -1.13. The Labute approximate surface area is 126 Å². The molecule has 3 nitrogen and oxygen atoms in total. The van der Waals surface area contributed by atoms with Crippen LogP contribution in [0.3, 0.4) is 0 Å². The fraction of sp³-hybridized carbons (Fsp3) is 0.647. The number of piperazine rings is 1. The van der Waals surface area contributed by atoms with Gasteiger partial charge in [-0.3, -0.25) is 4.90 Å². The quantitative estimate of drug-likeness (QED) is 0.898. The number of hydrogen-bond donors (Lipinski definition) is 1. The van der Waals surface area contributed by atoms with E-state index in [1.165, 1.54) is 25.7 Å². The number of benzene rings is 1. The fourth-order valence-electron chi connectivity index (χ4n) is 3.23. The number of nitrogens with zero attached hydrogens (tertiary/aromatic N) is 2. The molecular weight excluding hydrogens is 265 g/mol. The lowest BCUT2D eigenvalue weighted by Crippen LogP contribution is -2.47. The van der Waals surface area contributed by atoms with Crippen LogP contribution in [0.2, 0.25) is 0 Å². The second-order valence-electron chi connectivity index (χ2n) is 6.70. The number of hydrogen-bond acceptors (Lipinski definition) is 3. The summed E-state index contributed by atoms with van der Waals surface area (Å²) in [6, 6.07) is 7.24. The molecule has 0 radical (unpaired) electrons. The predicted molar refractivity (Wildman–Crippen MR) is 83.1 cm³/mol. The van der Waals surface area contributed by atoms with Gasteiger partial charge < -0.3 is 10.2 Å². The molecular formula is C17H24FN3. The summed E-state index contributed by atoms with van der Waals surface area (Å²) in [5.41, 5.74) is 1.83. The zero-order valence-electron chi connectivity index (χ0n) is 12.5. The average Bonchev–Trinajstić information content (AvgIpc) is 3.39. The van der Waals surface area contributed by atoms with Gasteiger partial charge in [0.25, 0.3) is 0 Å². The third-order valence-corrected chi connectivity index (χ3v) is 4.90. The molecule has 3 aliphatic rings. The van der Waals surface area contributed by atoms with Crippen molar-refractivity contribution in [1.29, 1.82) is 0 Å². The number of halogens is 1. The van der Waals surface area contributed by atoms with Gasteiger partial charge in [-0.15, -0.1) is 0 Å². The van der Waals surface area contributed by atoms with Crippen molar-refractivity contribution < 1.29 is 4.39 Å². The minimum absolute atomic E-state index is 0.0648. The van der Waals surface area contributed by atoms with Crippen molar-refractivity contribution in [1.82, 2.24) is 10.2 Å². The van der Waals surface area contributed by atoms with Gasteiger partial charge in [0, 0.05) is 44.8 Å². The van der Waals surface area contributed by atoms with Crippen LogP contribution < -0.4 is 10.2 Å². The van der Waals surface area contributed by atoms with E-state index in [-0.39, 0.29) is 5.82 Å². The van der Waals surface area contributed by atoms with Gasteiger partial charge in [0.15, 0.2) is 0 Å². The molecule has 2 aliphatic carbocycles. The van der Waals surface area contributed by atoms with Crippen molar-refractivity contribution in [2.75, 3.05) is 31.1 Å². The van der Waals surface area contributed by atoms with Crippen LogP contribution in [0.25, 0.3) is 0 Å². The smallest absolute Gasteiger partial charge is 0.146 e. The van der Waals surface area contributed by atoms with Crippen molar-refractivity contribution in [3.63, 3.8) is 0 Å². The largest absolute Gasteiger partial charge is 0.367 e. The maximum atomic E-state index is 14.4. The highest BCUT2D eigenvalue weighted by atomic mass is 19.1. The van der Waals surface area contributed by atoms with Gasteiger partial charge in [-0.05, 0) is 43.4 Å². The van der Waals surface area contributed by atoms with Crippen LogP contribution in [-0.4, -0.2) is 43.2 Å². The molecule has 0 bridgehead atoms. The normalized spacial score (nSPS) is 23.6. The van der Waals surface area contributed by atoms with Crippen molar-refractivity contribution in [3.05, 3.63) is 29.6 Å². The van der Waals surface area contributed by atoms with E-state index in [4.69, 9.17) is 0 Å². The zero-order chi connectivity index (χ0) is 14.2. The first-order valence-corrected chi connectivity index (χ1v) is 8.30. The van der Waals surface area contributed by atoms with Crippen molar-refractivity contribution >= 4 is 5.69 Å². The molecule has 1 aliphatic heterocycles. The van der Waals surface area contributed by atoms with Crippen LogP contribution in [-0.2, 0) is 6.54 Å². The molecule has 1 saturated heterocycles. The molecule has 0 unspecified atom stereocenters. The van der Waals surface area contributed by atoms with E-state index >= 15 is 0 Å². The molecule has 0 aromatic heterocycles. The third kappa shape index (κ3) is 3.22. The zero-order valence-corrected chi connectivity index (χ0v) is 12.5. The van der Waals surface area contributed by atoms with Crippen LogP contribution in [0.15, 0.2) is 18.2 Å². The molecule has 4 heteroatoms. The van der Waals surface area contributed by atoms with E-state index in [0.717, 1.165) is 50.0 Å². The van der Waals surface area contributed by atoms with Crippen molar-refractivity contribution in [3.8, 4) is 0 Å². The Balaban J connectivity index is 1.37. The molecule has 0 spiro atoms. The van der Waals surface area contributed by atoms with Gasteiger partial charge in [0.1, 0.15) is 5.82 Å². The Morgan fingerprint density at radius 3 is 2.43 bits per heavy atom. The molecule has 1 aromatic carbocycles. The fourth-order valence-corrected chi connectivity index (χ4v) is 3.23. The summed E-state index contributed by atoms with van der Waals surface area (Å²) in [7, 11) is 0. The van der Waals surface area contributed by atoms with Crippen LogP contribution in [0, 0.1) is 5.82 Å². The van der Waals surface area contributed by atoms with Gasteiger partial charge in [0.2, 0.25) is 0 Å². The summed E-state index contributed by atoms with van der Waals surface area (Å²) in [4.78, 5) is 4.76. The molecule has 0 atom stereocenters. The highest BCUT2D eigenvalue weighted by Gasteiger charge is 2.31. The third-order valence-electron chi connectivity index (χ3n) is 4.90. The van der Waals surface area contributed by atoms with Gasteiger partial charge in [0.05, 0.1) is 5.69 Å². The lowest BCUT2D eigenvalue weighted by Gasteiger charge is -2.36. The first-order valence-electron chi connectivity index (χ1n) is 8.30. The first-order chi connectivity index (χ1) is 10.3. The molecule has 0 amide bonds. The lowest BCUT2D eigenvalue weighted by molar-refractivity contribution is 0.247. The topological polar surface area (TPSA) is 18.5 Å². The van der Waals surface area contributed by atoms with E-state index in [1.807, 2.05) is 6.07 Å². The Morgan fingerprint density at radius 2 is 1.81 bits per heavy atom. The minimum Gasteiger partial charge on any atom is -0.367 e. The standard InChI is InChI=1S/C17H24FN3/c18-16-11-13(12-19-14-2-3-14)1-6-17(16)21-9-7-20(8-10-21)15-4-5-15/h1,6,11,14-15,19H,2-5,7-10,12H2. The van der Waals surface area contributed by atoms with E-state index in [9.17, 15) is 4.39 Å². The van der Waals surface area contributed by atoms with E-state index in [2.05, 4.69) is 21.2 Å². The van der Waals surface area contributed by atoms with Crippen molar-refractivity contribution in [2.24, 2.45) is 0 Å². The molecule has 2 saturated carbocycles. The van der Waals surface area contributed by atoms with Gasteiger partial charge in [-0.25, -0.2) is 4.39 Å². The molecule has 1 N–H and O–H groups in total. The van der Waals surface area contributed by atoms with Crippen LogP contribution in [0.1, 0.15) is 31.2 Å². The number of anilines is 1. The Bertz CT molecular complexity index is 503. The summed E-state index contributed by atoms with van der Waals surface area (Å²) in [5, 5.41) is 3.44. The van der Waals surface area contributed by atoms with E-state index in [0.29, 0.717) is 6.04 Å². The second kappa shape index (κ2) is 5.58. The van der Waals surface area contributed by atoms with Crippen LogP contribution in [0.5, 0.6) is 0 Å². The summed E-state index contributed by atoms with van der Waals surface area (Å²) in [6.07, 6.45) is 5.26. The molecule has 21 heavy (non-hydrogen) atoms. The maximum absolute atomic E-state index is 14.4. The molecule has 1 aromatic rings. The van der Waals surface area contributed by atoms with Gasteiger partial charge >= 0.3 is 0 Å². The van der Waals surface area contributed by atoms with E-state index in [1.54, 1.807) is 6.07 Å². The van der Waals surface area contributed by atoms with Gasteiger partial charge in [-0.2, -0.15) is 0 Å². The number of nitrogens with one attached hydrogen (secondary N) is 1. The van der Waals surface area contributed by atoms with Gasteiger partial charge in [-0.1, -0.05) is 6.07 Å². The summed E-state index contributed by atoms with van der Waals surface area (Å²) in [5.74, 6) is -0.0648. The summed E-state index contributed by atoms with van der Waals surface area (Å²) in [6.45, 7) is 4.85. The van der Waals surface area contributed by atoms with Crippen molar-refractivity contribution in [2.45, 2.75) is 44.3 Å². The van der Waals surface area contributed by atoms with E-state index < -0.39 is 0 Å². The molecule has 114 valence electrons. The molecule has 1 heterocycles. The minimum atomic E-state index is -0.0648. The predicted octanol–water partition coefficient (Wildman–Crippen LogP) is 2.36. The first kappa shape index (κ1) is 13.5. The highest BCUT2D eigenvalue weighted by molar-refractivity contribution is 5.49. The summed E-state index contributed by atoms with van der Waals surface area (Å²) >= 11 is 0. The maximum Gasteiger partial charge on any atom is 0.146 e. The van der Waals surface area contributed by atoms with Crippen LogP contribution in [0.4, 0.5) is 10.1 Å². The monoisotopic (exact) mass is 289 g/mol. The Morgan fingerprint density at radius 1 is 1.05 bits per heavy atom. The summed E-state index contributed by atoms with van der Waals surface area (Å²) < 4.78 is 14.4. The highest BCUT2D eigenvalue weighted by Crippen LogP contribution is 2.29. The number of rotatable bonds is 5. The second-order valence-corrected chi connectivity index (χ2v) is 6.70. The SMILES string of the molecule is Fc1cc(CNC2CC2)ccc1N1CCN(C2CC2)CC1. The molecule has 4 rings (SSSR count). The molecule has 3 fully saturated rings. The van der Waals surface area contributed by atoms with Crippen LogP contribution >= 0.6 is 0 Å². The lowest BCUT2D eigenvalue weighted by atomic mass is 10.1.